The Morgan fingerprint density at radius 3 is 2.56 bits per heavy atom. The SMILES string of the molecule is C=CC(=O)N1CC2CN(CCCN(C)C)c3c(c4cc(F)c(-c5cc(N)ccc5Cl)c(F)c4n(-c4c(C)ccnc4C(C)C)c3=O)N2CC1C. The smallest absolute Gasteiger partial charge is 0.281 e. The number of rotatable bonds is 8. The second-order valence-corrected chi connectivity index (χ2v) is 14.4. The van der Waals surface area contributed by atoms with Crippen molar-refractivity contribution in [2.24, 2.45) is 0 Å². The first kappa shape index (κ1) is 35.3. The summed E-state index contributed by atoms with van der Waals surface area (Å²) in [6.07, 6.45) is 3.72. The highest BCUT2D eigenvalue weighted by Gasteiger charge is 2.42. The maximum absolute atomic E-state index is 17.6. The molecule has 264 valence electrons. The topological polar surface area (TPSA) is 90.9 Å². The van der Waals surface area contributed by atoms with Gasteiger partial charge in [-0.25, -0.2) is 8.78 Å². The molecule has 0 radical (unpaired) electrons. The number of aromatic nitrogens is 2. The Labute approximate surface area is 296 Å². The summed E-state index contributed by atoms with van der Waals surface area (Å²) < 4.78 is 35.6. The minimum Gasteiger partial charge on any atom is -0.399 e. The molecule has 2 aromatic carbocycles. The normalized spacial score (nSPS) is 17.5. The van der Waals surface area contributed by atoms with Gasteiger partial charge in [-0.1, -0.05) is 32.0 Å². The molecule has 2 aliphatic heterocycles. The van der Waals surface area contributed by atoms with Crippen LogP contribution in [0.5, 0.6) is 0 Å². The Bertz CT molecular complexity index is 2060. The predicted octanol–water partition coefficient (Wildman–Crippen LogP) is 6.36. The summed E-state index contributed by atoms with van der Waals surface area (Å²) in [4.78, 5) is 40.8. The van der Waals surface area contributed by atoms with Gasteiger partial charge in [0.15, 0.2) is 5.82 Å². The van der Waals surface area contributed by atoms with E-state index in [0.717, 1.165) is 18.5 Å². The van der Waals surface area contributed by atoms with Gasteiger partial charge in [0, 0.05) is 60.1 Å². The lowest BCUT2D eigenvalue weighted by Crippen LogP contribution is -2.64. The van der Waals surface area contributed by atoms with Crippen molar-refractivity contribution in [3.8, 4) is 16.8 Å². The molecule has 50 heavy (non-hydrogen) atoms. The predicted molar refractivity (Wildman–Crippen MR) is 199 cm³/mol. The van der Waals surface area contributed by atoms with Gasteiger partial charge >= 0.3 is 0 Å². The van der Waals surface area contributed by atoms with E-state index in [-0.39, 0.29) is 56.6 Å². The number of carbonyl (C=O) groups excluding carboxylic acids is 1. The van der Waals surface area contributed by atoms with E-state index in [2.05, 4.69) is 21.4 Å². The van der Waals surface area contributed by atoms with Crippen molar-refractivity contribution in [2.75, 3.05) is 62.4 Å². The largest absolute Gasteiger partial charge is 0.399 e. The fourth-order valence-corrected chi connectivity index (χ4v) is 7.73. The molecule has 0 aliphatic carbocycles. The fourth-order valence-electron chi connectivity index (χ4n) is 7.52. The van der Waals surface area contributed by atoms with Crippen LogP contribution in [-0.4, -0.2) is 84.2 Å². The van der Waals surface area contributed by atoms with Crippen molar-refractivity contribution in [1.29, 1.82) is 0 Å². The Balaban J connectivity index is 1.76. The lowest BCUT2D eigenvalue weighted by atomic mass is 9.95. The fraction of sp³-hybridized carbons (Fsp3) is 0.395. The molecule has 0 spiro atoms. The number of fused-ring (bicyclic) bond motifs is 5. The molecule has 9 nitrogen and oxygen atoms in total. The van der Waals surface area contributed by atoms with Crippen LogP contribution in [0.1, 0.15) is 44.4 Å². The average Bonchev–Trinajstić information content (AvgIpc) is 3.06. The second-order valence-electron chi connectivity index (χ2n) is 14.0. The molecule has 4 heterocycles. The molecule has 2 atom stereocenters. The molecule has 2 unspecified atom stereocenters. The highest BCUT2D eigenvalue weighted by molar-refractivity contribution is 6.33. The van der Waals surface area contributed by atoms with Crippen LogP contribution in [0, 0.1) is 18.6 Å². The number of nitrogen functional groups attached to an aromatic ring is 1. The number of hydrogen-bond donors (Lipinski definition) is 1. The number of amides is 1. The summed E-state index contributed by atoms with van der Waals surface area (Å²) in [5.41, 5.74) is 8.18. The molecule has 0 bridgehead atoms. The van der Waals surface area contributed by atoms with Gasteiger partial charge in [-0.3, -0.25) is 19.1 Å². The Hall–Kier alpha value is -4.48. The van der Waals surface area contributed by atoms with Crippen LogP contribution in [0.25, 0.3) is 27.7 Å². The monoisotopic (exact) mass is 703 g/mol. The lowest BCUT2D eigenvalue weighted by molar-refractivity contribution is -0.128. The number of aryl methyl sites for hydroxylation is 1. The summed E-state index contributed by atoms with van der Waals surface area (Å²) in [5, 5.41) is 0.363. The molecule has 1 amide bonds. The Kier molecular flexibility index (Phi) is 9.67. The first-order valence-electron chi connectivity index (χ1n) is 17.0. The Morgan fingerprint density at radius 2 is 1.88 bits per heavy atom. The van der Waals surface area contributed by atoms with Gasteiger partial charge < -0.3 is 25.3 Å². The maximum Gasteiger partial charge on any atom is 0.281 e. The van der Waals surface area contributed by atoms with Crippen molar-refractivity contribution >= 4 is 45.5 Å². The molecular formula is C38H44ClF2N7O2. The number of halogens is 3. The van der Waals surface area contributed by atoms with Gasteiger partial charge in [-0.2, -0.15) is 0 Å². The number of nitrogens with zero attached hydrogens (tertiary/aromatic N) is 6. The zero-order valence-electron chi connectivity index (χ0n) is 29.4. The van der Waals surface area contributed by atoms with Gasteiger partial charge in [-0.05, 0) is 88.8 Å². The molecule has 12 heteroatoms. The van der Waals surface area contributed by atoms with E-state index in [4.69, 9.17) is 17.3 Å². The zero-order valence-corrected chi connectivity index (χ0v) is 30.2. The first-order valence-corrected chi connectivity index (χ1v) is 17.3. The van der Waals surface area contributed by atoms with Crippen molar-refractivity contribution in [1.82, 2.24) is 19.4 Å². The van der Waals surface area contributed by atoms with E-state index in [9.17, 15) is 4.79 Å². The zero-order chi connectivity index (χ0) is 36.2. The van der Waals surface area contributed by atoms with Gasteiger partial charge in [0.25, 0.3) is 5.56 Å². The van der Waals surface area contributed by atoms with Gasteiger partial charge in [-0.15, -0.1) is 0 Å². The summed E-state index contributed by atoms with van der Waals surface area (Å²) in [5.74, 6) is -2.07. The molecular weight excluding hydrogens is 660 g/mol. The summed E-state index contributed by atoms with van der Waals surface area (Å²) in [7, 11) is 3.98. The summed E-state index contributed by atoms with van der Waals surface area (Å²) in [6.45, 7) is 13.9. The minimum atomic E-state index is -0.930. The van der Waals surface area contributed by atoms with Crippen molar-refractivity contribution < 1.29 is 13.6 Å². The summed E-state index contributed by atoms with van der Waals surface area (Å²) in [6, 6.07) is 7.10. The highest BCUT2D eigenvalue weighted by atomic mass is 35.5. The molecule has 2 aliphatic rings. The van der Waals surface area contributed by atoms with Crippen LogP contribution in [-0.2, 0) is 4.79 Å². The highest BCUT2D eigenvalue weighted by Crippen LogP contribution is 2.46. The molecule has 2 N–H and O–H groups in total. The van der Waals surface area contributed by atoms with Crippen LogP contribution in [0.3, 0.4) is 0 Å². The van der Waals surface area contributed by atoms with Crippen LogP contribution in [0.15, 0.2) is 54.0 Å². The van der Waals surface area contributed by atoms with E-state index in [0.29, 0.717) is 48.9 Å². The van der Waals surface area contributed by atoms with Crippen LogP contribution >= 0.6 is 11.6 Å². The van der Waals surface area contributed by atoms with Crippen molar-refractivity contribution in [3.63, 3.8) is 0 Å². The molecule has 6 rings (SSSR count). The summed E-state index contributed by atoms with van der Waals surface area (Å²) >= 11 is 6.54. The van der Waals surface area contributed by atoms with Crippen LogP contribution in [0.2, 0.25) is 5.02 Å². The third-order valence-corrected chi connectivity index (χ3v) is 10.2. The van der Waals surface area contributed by atoms with Crippen LogP contribution < -0.4 is 21.1 Å². The minimum absolute atomic E-state index is 0.0761. The molecule has 1 saturated heterocycles. The van der Waals surface area contributed by atoms with E-state index in [1.165, 1.54) is 28.8 Å². The quantitative estimate of drug-likeness (QED) is 0.169. The van der Waals surface area contributed by atoms with Gasteiger partial charge in [0.2, 0.25) is 5.91 Å². The van der Waals surface area contributed by atoms with E-state index < -0.39 is 17.2 Å². The number of pyridine rings is 2. The third kappa shape index (κ3) is 6.00. The average molecular weight is 704 g/mol. The van der Waals surface area contributed by atoms with E-state index in [1.807, 2.05) is 46.7 Å². The van der Waals surface area contributed by atoms with Crippen molar-refractivity contribution in [2.45, 2.75) is 52.1 Å². The van der Waals surface area contributed by atoms with E-state index >= 15 is 13.6 Å². The number of carbonyl (C=O) groups is 1. The van der Waals surface area contributed by atoms with Gasteiger partial charge in [0.1, 0.15) is 11.5 Å². The molecule has 1 fully saturated rings. The third-order valence-electron chi connectivity index (χ3n) is 9.85. The second kappa shape index (κ2) is 13.7. The van der Waals surface area contributed by atoms with Crippen molar-refractivity contribution in [3.05, 3.63) is 87.5 Å². The number of anilines is 3. The first-order chi connectivity index (χ1) is 23.7. The number of piperazine rings is 1. The maximum atomic E-state index is 17.6. The molecule has 2 aromatic heterocycles. The molecule has 0 saturated carbocycles. The standard InChI is InChI=1S/C38H44ClF2N7O2/c1-8-30(49)46-20-25-19-45(15-9-14-44(6)7)37-36(47(25)18-23(46)5)27-17-29(40)31(26-16-24(42)10-11-28(26)39)32(41)35(27)48(38(37)50)34-22(4)12-13-43-33(34)21(2)3/h8,10-13,16-17,21,23,25H,1,9,14-15,18-20,42H2,2-7H3. The lowest BCUT2D eigenvalue weighted by Gasteiger charge is -2.52. The number of benzene rings is 2. The van der Waals surface area contributed by atoms with E-state index in [1.54, 1.807) is 23.2 Å². The van der Waals surface area contributed by atoms with Gasteiger partial charge in [0.05, 0.1) is 34.2 Å². The van der Waals surface area contributed by atoms with Crippen LogP contribution in [0.4, 0.5) is 25.8 Å². The Morgan fingerprint density at radius 1 is 1.14 bits per heavy atom. The number of hydrogen-bond acceptors (Lipinski definition) is 7. The number of nitrogens with two attached hydrogens (primary N) is 1. The molecule has 4 aromatic rings.